The number of rotatable bonds is 8. The molecular weight excluding hydrogens is 538 g/mol. The molecule has 2 heterocycles. The Morgan fingerprint density at radius 1 is 1.05 bits per heavy atom. The maximum absolute atomic E-state index is 13.9. The summed E-state index contributed by atoms with van der Waals surface area (Å²) in [5.74, 6) is -0.622. The third kappa shape index (κ3) is 6.05. The van der Waals surface area contributed by atoms with Crippen LogP contribution < -0.4 is 24.9 Å². The van der Waals surface area contributed by atoms with E-state index in [0.29, 0.717) is 38.0 Å². The van der Waals surface area contributed by atoms with Crippen LogP contribution in [0.1, 0.15) is 49.4 Å². The summed E-state index contributed by atoms with van der Waals surface area (Å²) in [5, 5.41) is 11.8. The molecule has 2 N–H and O–H groups in total. The second-order valence-electron chi connectivity index (χ2n) is 9.97. The molecule has 1 aromatic heterocycles. The number of carbonyl (C=O) groups is 2. The van der Waals surface area contributed by atoms with Crippen LogP contribution >= 0.6 is 11.3 Å². The van der Waals surface area contributed by atoms with Crippen molar-refractivity contribution >= 4 is 35.0 Å². The van der Waals surface area contributed by atoms with E-state index in [9.17, 15) is 14.4 Å². The lowest BCUT2D eigenvalue weighted by Gasteiger charge is -2.25. The maximum Gasteiger partial charge on any atom is 0.341 e. The fourth-order valence-electron chi connectivity index (χ4n) is 4.67. The van der Waals surface area contributed by atoms with E-state index < -0.39 is 18.6 Å². The number of benzene rings is 3. The van der Waals surface area contributed by atoms with Gasteiger partial charge in [0.15, 0.2) is 11.4 Å². The lowest BCUT2D eigenvalue weighted by molar-refractivity contribution is -0.139. The second kappa shape index (κ2) is 11.8. The summed E-state index contributed by atoms with van der Waals surface area (Å²) in [6.45, 7) is 5.59. The van der Waals surface area contributed by atoms with Crippen LogP contribution in [0, 0.1) is 0 Å². The van der Waals surface area contributed by atoms with Gasteiger partial charge in [0.2, 0.25) is 0 Å². The van der Waals surface area contributed by atoms with Gasteiger partial charge in [-0.25, -0.2) is 9.79 Å². The van der Waals surface area contributed by atoms with Gasteiger partial charge in [0, 0.05) is 5.69 Å². The van der Waals surface area contributed by atoms with Crippen molar-refractivity contribution in [2.24, 2.45) is 4.99 Å². The third-order valence-electron chi connectivity index (χ3n) is 6.76. The number of hydrogen-bond donors (Lipinski definition) is 2. The Hall–Kier alpha value is -4.76. The van der Waals surface area contributed by atoms with Gasteiger partial charge in [-0.2, -0.15) is 0 Å². The fraction of sp³-hybridized carbons (Fsp3) is 0.188. The summed E-state index contributed by atoms with van der Waals surface area (Å²) < 4.78 is 7.26. The molecule has 0 unspecified atom stereocenters. The van der Waals surface area contributed by atoms with E-state index in [1.807, 2.05) is 54.6 Å². The van der Waals surface area contributed by atoms with Gasteiger partial charge in [-0.3, -0.25) is 14.2 Å². The van der Waals surface area contributed by atoms with Crippen LogP contribution in [-0.2, 0) is 9.59 Å². The molecule has 1 atom stereocenters. The van der Waals surface area contributed by atoms with Crippen LogP contribution in [0.4, 0.5) is 5.69 Å². The number of allylic oxidation sites excluding steroid dienone is 1. The first kappa shape index (κ1) is 27.8. The molecule has 0 saturated carbocycles. The van der Waals surface area contributed by atoms with Crippen LogP contribution in [0.15, 0.2) is 99.9 Å². The van der Waals surface area contributed by atoms with Gasteiger partial charge >= 0.3 is 5.97 Å². The number of carboxylic acids is 1. The monoisotopic (exact) mass is 567 g/mol. The zero-order chi connectivity index (χ0) is 29.1. The molecule has 0 fully saturated rings. The number of aliphatic carboxylic acids is 1. The molecule has 4 aromatic rings. The summed E-state index contributed by atoms with van der Waals surface area (Å²) in [7, 11) is 0. The number of fused-ring (bicyclic) bond motifs is 1. The summed E-state index contributed by atoms with van der Waals surface area (Å²) in [4.78, 5) is 43.5. The number of para-hydroxylation sites is 1. The number of hydrogen-bond acceptors (Lipinski definition) is 6. The lowest BCUT2D eigenvalue weighted by atomic mass is 9.93. The molecule has 0 bridgehead atoms. The van der Waals surface area contributed by atoms with Crippen LogP contribution in [0.2, 0.25) is 0 Å². The van der Waals surface area contributed by atoms with Crippen molar-refractivity contribution in [3.63, 3.8) is 0 Å². The maximum atomic E-state index is 13.9. The van der Waals surface area contributed by atoms with E-state index >= 15 is 0 Å². The quantitative estimate of drug-likeness (QED) is 0.327. The molecule has 0 aliphatic carbocycles. The molecule has 1 aliphatic rings. The highest BCUT2D eigenvalue weighted by atomic mass is 32.1. The molecule has 1 amide bonds. The van der Waals surface area contributed by atoms with Gasteiger partial charge in [-0.05, 0) is 59.9 Å². The van der Waals surface area contributed by atoms with Crippen LogP contribution in [0.3, 0.4) is 0 Å². The minimum atomic E-state index is -1.06. The molecule has 41 heavy (non-hydrogen) atoms. The van der Waals surface area contributed by atoms with Gasteiger partial charge in [-0.15, -0.1) is 0 Å². The molecule has 1 aliphatic heterocycles. The standard InChI is InChI=1S/C32H29N3O5S/c1-19(2)22-11-13-23(14-12-22)29-28(30(38)34-24-7-5-4-6-8-24)20(3)33-32-35(29)31(39)26(41-32)17-21-9-15-25(16-10-21)40-18-27(36)37/h4-17,19,29H,18H2,1-3H3,(H,34,38)(H,36,37)/b26-17+/t29-/m0/s1. The number of nitrogens with zero attached hydrogens (tertiary/aromatic N) is 2. The molecule has 0 spiro atoms. The Balaban J connectivity index is 1.59. The van der Waals surface area contributed by atoms with Crippen molar-refractivity contribution in [3.05, 3.63) is 127 Å². The van der Waals surface area contributed by atoms with E-state index in [4.69, 9.17) is 14.8 Å². The molecule has 0 radical (unpaired) electrons. The molecular formula is C32H29N3O5S. The predicted molar refractivity (Wildman–Crippen MR) is 159 cm³/mol. The summed E-state index contributed by atoms with van der Waals surface area (Å²) in [5.41, 5.74) is 4.07. The van der Waals surface area contributed by atoms with Crippen molar-refractivity contribution in [1.29, 1.82) is 0 Å². The number of ether oxygens (including phenoxy) is 1. The van der Waals surface area contributed by atoms with Gasteiger partial charge < -0.3 is 15.2 Å². The molecule has 0 saturated heterocycles. The number of thiazole rings is 1. The minimum absolute atomic E-state index is 0.254. The number of amides is 1. The average Bonchev–Trinajstić information content (AvgIpc) is 3.26. The SMILES string of the molecule is CC1=C(C(=O)Nc2ccccc2)[C@H](c2ccc(C(C)C)cc2)n2c(s/c(=C/c3ccc(OCC(=O)O)cc3)c2=O)=N1. The van der Waals surface area contributed by atoms with E-state index in [1.165, 1.54) is 11.3 Å². The first-order valence-corrected chi connectivity index (χ1v) is 14.0. The van der Waals surface area contributed by atoms with Gasteiger partial charge in [0.25, 0.3) is 11.5 Å². The zero-order valence-electron chi connectivity index (χ0n) is 22.8. The van der Waals surface area contributed by atoms with E-state index in [2.05, 4.69) is 19.2 Å². The Labute approximate surface area is 240 Å². The molecule has 3 aromatic carbocycles. The molecule has 5 rings (SSSR count). The smallest absolute Gasteiger partial charge is 0.341 e. The Morgan fingerprint density at radius 2 is 1.73 bits per heavy atom. The molecule has 8 nitrogen and oxygen atoms in total. The van der Waals surface area contributed by atoms with Crippen molar-refractivity contribution in [3.8, 4) is 5.75 Å². The number of carbonyl (C=O) groups excluding carboxylic acids is 1. The van der Waals surface area contributed by atoms with Crippen LogP contribution in [0.5, 0.6) is 5.75 Å². The first-order chi connectivity index (χ1) is 19.7. The number of nitrogens with one attached hydrogen (secondary N) is 1. The summed E-state index contributed by atoms with van der Waals surface area (Å²) in [6, 6.07) is 23.4. The minimum Gasteiger partial charge on any atom is -0.482 e. The van der Waals surface area contributed by atoms with Gasteiger partial charge in [0.05, 0.1) is 21.8 Å². The summed E-state index contributed by atoms with van der Waals surface area (Å²) >= 11 is 1.26. The molecule has 208 valence electrons. The first-order valence-electron chi connectivity index (χ1n) is 13.1. The zero-order valence-corrected chi connectivity index (χ0v) is 23.6. The summed E-state index contributed by atoms with van der Waals surface area (Å²) in [6.07, 6.45) is 1.76. The normalized spacial score (nSPS) is 14.9. The van der Waals surface area contributed by atoms with Gasteiger partial charge in [-0.1, -0.05) is 79.8 Å². The predicted octanol–water partition coefficient (Wildman–Crippen LogP) is 4.46. The van der Waals surface area contributed by atoms with Crippen LogP contribution in [0.25, 0.3) is 6.08 Å². The number of aromatic nitrogens is 1. The largest absolute Gasteiger partial charge is 0.482 e. The van der Waals surface area contributed by atoms with Crippen molar-refractivity contribution in [1.82, 2.24) is 4.57 Å². The second-order valence-corrected chi connectivity index (χ2v) is 11.0. The number of anilines is 1. The number of carboxylic acid groups (broad SMARTS) is 1. The van der Waals surface area contributed by atoms with Crippen LogP contribution in [-0.4, -0.2) is 28.2 Å². The highest BCUT2D eigenvalue weighted by molar-refractivity contribution is 7.07. The van der Waals surface area contributed by atoms with Crippen molar-refractivity contribution in [2.45, 2.75) is 32.7 Å². The average molecular weight is 568 g/mol. The van der Waals surface area contributed by atoms with E-state index in [-0.39, 0.29) is 11.5 Å². The Kier molecular flexibility index (Phi) is 7.98. The lowest BCUT2D eigenvalue weighted by Crippen LogP contribution is -2.40. The molecule has 9 heteroatoms. The van der Waals surface area contributed by atoms with Crippen molar-refractivity contribution < 1.29 is 19.4 Å². The Bertz CT molecular complexity index is 1800. The highest BCUT2D eigenvalue weighted by Gasteiger charge is 2.32. The van der Waals surface area contributed by atoms with Crippen molar-refractivity contribution in [2.75, 3.05) is 11.9 Å². The van der Waals surface area contributed by atoms with E-state index in [1.54, 1.807) is 41.8 Å². The Morgan fingerprint density at radius 3 is 2.37 bits per heavy atom. The highest BCUT2D eigenvalue weighted by Crippen LogP contribution is 2.31. The fourth-order valence-corrected chi connectivity index (χ4v) is 5.71. The van der Waals surface area contributed by atoms with E-state index in [0.717, 1.165) is 16.7 Å². The van der Waals surface area contributed by atoms with Gasteiger partial charge in [0.1, 0.15) is 5.75 Å². The third-order valence-corrected chi connectivity index (χ3v) is 7.74. The topological polar surface area (TPSA) is 110 Å².